The lowest BCUT2D eigenvalue weighted by atomic mass is 9.98. The maximum Gasteiger partial charge on any atom is 0.160 e. The molecule has 0 fully saturated rings. The van der Waals surface area contributed by atoms with Gasteiger partial charge >= 0.3 is 0 Å². The van der Waals surface area contributed by atoms with Crippen LogP contribution >= 0.6 is 0 Å². The fourth-order valence-electron chi connectivity index (χ4n) is 9.24. The Labute approximate surface area is 359 Å². The Balaban J connectivity index is 1.07. The SMILES string of the molecule is c1ccc(-c2cc(-c3ccccc3)cc(-n3c4ccccc4c4c3ccc3c5ccccc5n(-c5ccc(-c6cc(-c7ccccc7)nc(-c7ccccc7)n6)cc5)c34)c2)cc1. The van der Waals surface area contributed by atoms with E-state index in [1.165, 1.54) is 54.8 Å². The summed E-state index contributed by atoms with van der Waals surface area (Å²) in [7, 11) is 0. The van der Waals surface area contributed by atoms with Crippen LogP contribution in [0.1, 0.15) is 0 Å². The fourth-order valence-corrected chi connectivity index (χ4v) is 9.24. The molecule has 0 saturated carbocycles. The van der Waals surface area contributed by atoms with Gasteiger partial charge < -0.3 is 9.13 Å². The molecule has 9 aromatic carbocycles. The van der Waals surface area contributed by atoms with Gasteiger partial charge in [0, 0.05) is 49.6 Å². The Morgan fingerprint density at radius 1 is 0.274 bits per heavy atom. The number of nitrogens with zero attached hydrogens (tertiary/aromatic N) is 4. The maximum absolute atomic E-state index is 5.13. The molecule has 0 unspecified atom stereocenters. The number of fused-ring (bicyclic) bond motifs is 7. The molecule has 0 aliphatic heterocycles. The molecule has 4 heteroatoms. The van der Waals surface area contributed by atoms with Crippen LogP contribution < -0.4 is 0 Å². The summed E-state index contributed by atoms with van der Waals surface area (Å²) in [4.78, 5) is 10.2. The molecule has 0 atom stereocenters. The molecule has 62 heavy (non-hydrogen) atoms. The number of para-hydroxylation sites is 2. The van der Waals surface area contributed by atoms with Crippen molar-refractivity contribution in [2.75, 3.05) is 0 Å². The van der Waals surface area contributed by atoms with Gasteiger partial charge in [-0.05, 0) is 76.9 Å². The van der Waals surface area contributed by atoms with Crippen LogP contribution in [0.5, 0.6) is 0 Å². The number of aromatic nitrogens is 4. The van der Waals surface area contributed by atoms with Crippen molar-refractivity contribution in [3.8, 4) is 67.5 Å². The van der Waals surface area contributed by atoms with Gasteiger partial charge in [0.1, 0.15) is 0 Å². The molecule has 0 bridgehead atoms. The van der Waals surface area contributed by atoms with Gasteiger partial charge in [0.25, 0.3) is 0 Å². The van der Waals surface area contributed by atoms with Crippen LogP contribution in [0.4, 0.5) is 0 Å². The Kier molecular flexibility index (Phi) is 8.46. The van der Waals surface area contributed by atoms with E-state index < -0.39 is 0 Å². The zero-order valence-corrected chi connectivity index (χ0v) is 33.7. The van der Waals surface area contributed by atoms with Gasteiger partial charge in [0.2, 0.25) is 0 Å². The summed E-state index contributed by atoms with van der Waals surface area (Å²) in [6, 6.07) is 82.2. The Morgan fingerprint density at radius 3 is 1.35 bits per heavy atom. The van der Waals surface area contributed by atoms with Gasteiger partial charge in [0.05, 0.1) is 33.5 Å². The average molecular weight is 791 g/mol. The number of benzene rings is 9. The van der Waals surface area contributed by atoms with Crippen LogP contribution in [-0.2, 0) is 0 Å². The summed E-state index contributed by atoms with van der Waals surface area (Å²) < 4.78 is 4.91. The van der Waals surface area contributed by atoms with E-state index in [0.717, 1.165) is 50.5 Å². The van der Waals surface area contributed by atoms with Gasteiger partial charge in [-0.3, -0.25) is 0 Å². The predicted octanol–water partition coefficient (Wildman–Crippen LogP) is 15.0. The molecule has 0 saturated heterocycles. The van der Waals surface area contributed by atoms with Gasteiger partial charge in [-0.1, -0.05) is 176 Å². The van der Waals surface area contributed by atoms with Crippen molar-refractivity contribution < 1.29 is 0 Å². The van der Waals surface area contributed by atoms with E-state index in [0.29, 0.717) is 5.82 Å². The highest BCUT2D eigenvalue weighted by Gasteiger charge is 2.22. The summed E-state index contributed by atoms with van der Waals surface area (Å²) in [5.41, 5.74) is 16.5. The van der Waals surface area contributed by atoms with E-state index in [9.17, 15) is 0 Å². The van der Waals surface area contributed by atoms with E-state index in [2.05, 4.69) is 215 Å². The van der Waals surface area contributed by atoms with Crippen LogP contribution in [0.3, 0.4) is 0 Å². The first-order valence-electron chi connectivity index (χ1n) is 21.1. The smallest absolute Gasteiger partial charge is 0.160 e. The van der Waals surface area contributed by atoms with Gasteiger partial charge in [-0.25, -0.2) is 9.97 Å². The second-order valence-electron chi connectivity index (χ2n) is 15.8. The highest BCUT2D eigenvalue weighted by molar-refractivity contribution is 6.26. The molecule has 0 N–H and O–H groups in total. The van der Waals surface area contributed by atoms with Crippen LogP contribution in [0.15, 0.2) is 231 Å². The third-order valence-electron chi connectivity index (χ3n) is 12.1. The normalized spacial score (nSPS) is 11.5. The minimum atomic E-state index is 0.706. The van der Waals surface area contributed by atoms with E-state index >= 15 is 0 Å². The van der Waals surface area contributed by atoms with Gasteiger partial charge in [-0.15, -0.1) is 0 Å². The van der Waals surface area contributed by atoms with E-state index in [4.69, 9.17) is 9.97 Å². The fraction of sp³-hybridized carbons (Fsp3) is 0. The molecular formula is C58H38N4. The maximum atomic E-state index is 5.13. The third-order valence-corrected chi connectivity index (χ3v) is 12.1. The largest absolute Gasteiger partial charge is 0.309 e. The molecule has 0 aliphatic rings. The second-order valence-corrected chi connectivity index (χ2v) is 15.8. The second kappa shape index (κ2) is 14.7. The van der Waals surface area contributed by atoms with Crippen molar-refractivity contribution in [1.29, 1.82) is 0 Å². The molecule has 12 rings (SSSR count). The van der Waals surface area contributed by atoms with Crippen molar-refractivity contribution in [3.63, 3.8) is 0 Å². The lowest BCUT2D eigenvalue weighted by Crippen LogP contribution is -1.97. The van der Waals surface area contributed by atoms with E-state index in [1.807, 2.05) is 24.3 Å². The molecule has 0 aliphatic carbocycles. The van der Waals surface area contributed by atoms with Crippen molar-refractivity contribution in [3.05, 3.63) is 231 Å². The first-order valence-corrected chi connectivity index (χ1v) is 21.1. The van der Waals surface area contributed by atoms with E-state index in [-0.39, 0.29) is 0 Å². The molecule has 4 nitrogen and oxygen atoms in total. The van der Waals surface area contributed by atoms with Crippen molar-refractivity contribution in [1.82, 2.24) is 19.1 Å². The Hall–Kier alpha value is -8.34. The van der Waals surface area contributed by atoms with Gasteiger partial charge in [0.15, 0.2) is 5.82 Å². The molecule has 3 heterocycles. The molecular weight excluding hydrogens is 753 g/mol. The summed E-state index contributed by atoms with van der Waals surface area (Å²) >= 11 is 0. The van der Waals surface area contributed by atoms with Crippen LogP contribution in [0.25, 0.3) is 111 Å². The molecule has 0 spiro atoms. The summed E-state index contributed by atoms with van der Waals surface area (Å²) in [6.07, 6.45) is 0. The number of rotatable bonds is 7. The lowest BCUT2D eigenvalue weighted by Gasteiger charge is -2.14. The Bertz CT molecular complexity index is 3470. The summed E-state index contributed by atoms with van der Waals surface area (Å²) in [5, 5.41) is 4.88. The zero-order chi connectivity index (χ0) is 41.0. The minimum Gasteiger partial charge on any atom is -0.309 e. The lowest BCUT2D eigenvalue weighted by molar-refractivity contribution is 1.17. The molecule has 290 valence electrons. The zero-order valence-electron chi connectivity index (χ0n) is 33.7. The van der Waals surface area contributed by atoms with E-state index in [1.54, 1.807) is 0 Å². The highest BCUT2D eigenvalue weighted by atomic mass is 15.0. The number of hydrogen-bond acceptors (Lipinski definition) is 2. The molecule has 0 radical (unpaired) electrons. The average Bonchev–Trinajstić information content (AvgIpc) is 3.88. The van der Waals surface area contributed by atoms with Crippen LogP contribution in [0, 0.1) is 0 Å². The predicted molar refractivity (Wildman–Crippen MR) is 258 cm³/mol. The first kappa shape index (κ1) is 35.6. The summed E-state index contributed by atoms with van der Waals surface area (Å²) in [5.74, 6) is 0.706. The quantitative estimate of drug-likeness (QED) is 0.161. The first-order chi connectivity index (χ1) is 30.7. The van der Waals surface area contributed by atoms with Crippen LogP contribution in [-0.4, -0.2) is 19.1 Å². The highest BCUT2D eigenvalue weighted by Crippen LogP contribution is 2.43. The standard InChI is InChI=1S/C58H38N4/c1-5-17-39(18-6-1)44-35-45(40-19-7-2-8-20-40)37-47(36-44)61-54-28-16-14-26-50(54)56-55(61)34-33-49-48-25-13-15-27-53(48)62(57(49)56)46-31-29-42(30-32-46)52-38-51(41-21-9-3-10-22-41)59-58(60-52)43-23-11-4-12-24-43/h1-38H. The van der Waals surface area contributed by atoms with Crippen molar-refractivity contribution >= 4 is 43.6 Å². The van der Waals surface area contributed by atoms with Crippen LogP contribution in [0.2, 0.25) is 0 Å². The van der Waals surface area contributed by atoms with Gasteiger partial charge in [-0.2, -0.15) is 0 Å². The minimum absolute atomic E-state index is 0.706. The molecule has 12 aromatic rings. The van der Waals surface area contributed by atoms with Crippen molar-refractivity contribution in [2.24, 2.45) is 0 Å². The van der Waals surface area contributed by atoms with Crippen molar-refractivity contribution in [2.45, 2.75) is 0 Å². The number of hydrogen-bond donors (Lipinski definition) is 0. The Morgan fingerprint density at radius 2 is 0.758 bits per heavy atom. The summed E-state index contributed by atoms with van der Waals surface area (Å²) in [6.45, 7) is 0. The monoisotopic (exact) mass is 790 g/mol. The third kappa shape index (κ3) is 6.00. The molecule has 0 amide bonds. The topological polar surface area (TPSA) is 35.6 Å². The molecule has 3 aromatic heterocycles.